The third-order valence-electron chi connectivity index (χ3n) is 10.2. The van der Waals surface area contributed by atoms with Crippen LogP contribution in [0.25, 0.3) is 0 Å². The number of aliphatic hydroxyl groups excluding tert-OH is 1. The molecule has 4 heterocycles. The van der Waals surface area contributed by atoms with Crippen LogP contribution < -0.4 is 0 Å². The van der Waals surface area contributed by atoms with Gasteiger partial charge in [0, 0.05) is 42.6 Å². The highest BCUT2D eigenvalue weighted by Crippen LogP contribution is 2.72. The van der Waals surface area contributed by atoms with Crippen molar-refractivity contribution in [1.82, 2.24) is 0 Å². The minimum Gasteiger partial charge on any atom is -0.388 e. The van der Waals surface area contributed by atoms with Crippen molar-refractivity contribution < 1.29 is 33.6 Å². The molecule has 8 fully saturated rings. The predicted molar refractivity (Wildman–Crippen MR) is 111 cm³/mol. The van der Waals surface area contributed by atoms with Gasteiger partial charge in [0.15, 0.2) is 5.79 Å². The molecule has 0 aromatic heterocycles. The summed E-state index contributed by atoms with van der Waals surface area (Å²) in [6.45, 7) is 8.38. The van der Waals surface area contributed by atoms with Crippen LogP contribution in [0.5, 0.6) is 0 Å². The zero-order valence-corrected chi connectivity index (χ0v) is 18.1. The van der Waals surface area contributed by atoms with Gasteiger partial charge in [0.1, 0.15) is 18.0 Å². The highest BCUT2D eigenvalue weighted by Gasteiger charge is 2.78. The molecular formula is C24H35NO7. The third-order valence-corrected chi connectivity index (χ3v) is 10.2. The van der Waals surface area contributed by atoms with Gasteiger partial charge in [0.2, 0.25) is 0 Å². The van der Waals surface area contributed by atoms with E-state index >= 15 is 0 Å². The fourth-order valence-corrected chi connectivity index (χ4v) is 9.03. The Hall–Kier alpha value is -1.08. The minimum absolute atomic E-state index is 0. The van der Waals surface area contributed by atoms with Gasteiger partial charge in [-0.25, -0.2) is 5.26 Å². The van der Waals surface area contributed by atoms with E-state index < -0.39 is 35.5 Å². The van der Waals surface area contributed by atoms with Gasteiger partial charge in [0.25, 0.3) is 6.48 Å². The first-order valence-electron chi connectivity index (χ1n) is 11.6. The Balaban J connectivity index is 0.000000702. The molecule has 178 valence electrons. The van der Waals surface area contributed by atoms with E-state index in [1.54, 1.807) is 0 Å². The lowest BCUT2D eigenvalue weighted by molar-refractivity contribution is -0.512. The summed E-state index contributed by atoms with van der Waals surface area (Å²) in [5.41, 5.74) is -1.25. The maximum absolute atomic E-state index is 13.9. The topological polar surface area (TPSA) is 107 Å². The summed E-state index contributed by atoms with van der Waals surface area (Å²) in [4.78, 5) is 13.9. The highest BCUT2D eigenvalue weighted by molar-refractivity contribution is 5.85. The van der Waals surface area contributed by atoms with E-state index in [1.807, 2.05) is 0 Å². The fourth-order valence-electron chi connectivity index (χ4n) is 9.03. The van der Waals surface area contributed by atoms with E-state index in [0.29, 0.717) is 32.0 Å². The third kappa shape index (κ3) is 2.30. The lowest BCUT2D eigenvalue weighted by Crippen LogP contribution is -2.81. The number of nitrogens with zero attached hydrogens (tertiary/aromatic N) is 1. The molecule has 2 spiro atoms. The lowest BCUT2D eigenvalue weighted by atomic mass is 9.41. The van der Waals surface area contributed by atoms with Gasteiger partial charge in [-0.1, -0.05) is 21.3 Å². The first kappa shape index (κ1) is 22.7. The second kappa shape index (κ2) is 6.97. The number of hydrogen-bond donors (Lipinski definition) is 1. The quantitative estimate of drug-likeness (QED) is 0.601. The monoisotopic (exact) mass is 449 g/mol. The predicted octanol–water partition coefficient (Wildman–Crippen LogP) is 2.53. The Morgan fingerprint density at radius 1 is 1.09 bits per heavy atom. The van der Waals surface area contributed by atoms with Crippen LogP contribution in [-0.2, 0) is 28.5 Å². The molecule has 1 N–H and O–H groups in total. The SMILES string of the molecule is C.C#N.CC12CC(=O)C3C(CCC45CC6OC(OC(C6O)C34C)O5)C1CCC21OCCO1. The summed E-state index contributed by atoms with van der Waals surface area (Å²) >= 11 is 0. The number of carbonyl (C=O) groups excluding carboxylic acids is 1. The van der Waals surface area contributed by atoms with Crippen LogP contribution in [0.2, 0.25) is 0 Å². The molecule has 0 aromatic rings. The molecule has 4 bridgehead atoms. The van der Waals surface area contributed by atoms with E-state index in [9.17, 15) is 9.90 Å². The molecule has 4 aliphatic heterocycles. The van der Waals surface area contributed by atoms with Crippen molar-refractivity contribution in [2.45, 2.75) is 96.0 Å². The van der Waals surface area contributed by atoms with Crippen molar-refractivity contribution in [3.05, 3.63) is 0 Å². The van der Waals surface area contributed by atoms with Crippen LogP contribution in [0.4, 0.5) is 0 Å². The van der Waals surface area contributed by atoms with Crippen molar-refractivity contribution in [3.8, 4) is 6.57 Å². The van der Waals surface area contributed by atoms with E-state index in [1.165, 1.54) is 0 Å². The molecule has 0 aromatic carbocycles. The fraction of sp³-hybridized carbons (Fsp3) is 0.917. The van der Waals surface area contributed by atoms with Crippen LogP contribution >= 0.6 is 0 Å². The van der Waals surface area contributed by atoms with Crippen LogP contribution in [0.3, 0.4) is 0 Å². The molecule has 8 rings (SSSR count). The summed E-state index contributed by atoms with van der Waals surface area (Å²) < 4.78 is 30.4. The average Bonchev–Trinajstić information content (AvgIpc) is 3.34. The largest absolute Gasteiger partial charge is 0.388 e. The second-order valence-electron chi connectivity index (χ2n) is 10.9. The minimum atomic E-state index is -0.704. The molecule has 8 aliphatic rings. The van der Waals surface area contributed by atoms with Crippen LogP contribution in [0.1, 0.15) is 59.8 Å². The molecule has 8 nitrogen and oxygen atoms in total. The summed E-state index contributed by atoms with van der Waals surface area (Å²) in [6.07, 6.45) is 3.49. The number of fused-ring (bicyclic) bond motifs is 4. The molecule has 4 saturated carbocycles. The molecule has 0 radical (unpaired) electrons. The van der Waals surface area contributed by atoms with Gasteiger partial charge in [0.05, 0.1) is 24.9 Å². The second-order valence-corrected chi connectivity index (χ2v) is 10.9. The Morgan fingerprint density at radius 2 is 1.81 bits per heavy atom. The Kier molecular flexibility index (Phi) is 4.94. The van der Waals surface area contributed by atoms with E-state index in [0.717, 1.165) is 25.7 Å². The first-order valence-corrected chi connectivity index (χ1v) is 11.6. The van der Waals surface area contributed by atoms with Crippen molar-refractivity contribution in [2.75, 3.05) is 13.2 Å². The number of carbonyl (C=O) groups is 1. The van der Waals surface area contributed by atoms with Crippen LogP contribution in [0.15, 0.2) is 0 Å². The summed E-state index contributed by atoms with van der Waals surface area (Å²) in [5, 5.41) is 17.5. The van der Waals surface area contributed by atoms with E-state index in [2.05, 4.69) is 20.4 Å². The number of ether oxygens (including phenoxy) is 5. The maximum atomic E-state index is 13.9. The van der Waals surface area contributed by atoms with Gasteiger partial charge >= 0.3 is 0 Å². The zero-order valence-electron chi connectivity index (χ0n) is 18.1. The number of nitriles is 1. The number of hydrogen-bond acceptors (Lipinski definition) is 8. The Morgan fingerprint density at radius 3 is 2.53 bits per heavy atom. The average molecular weight is 450 g/mol. The van der Waals surface area contributed by atoms with Crippen LogP contribution in [-0.4, -0.2) is 60.3 Å². The normalized spacial score (nSPS) is 55.9. The summed E-state index contributed by atoms with van der Waals surface area (Å²) in [6, 6.07) is 0. The molecule has 8 heteroatoms. The van der Waals surface area contributed by atoms with Crippen LogP contribution in [0, 0.1) is 40.4 Å². The Labute approximate surface area is 189 Å². The van der Waals surface area contributed by atoms with Crippen molar-refractivity contribution in [1.29, 1.82) is 5.26 Å². The zero-order chi connectivity index (χ0) is 21.8. The number of ketones is 1. The number of rotatable bonds is 0. The molecule has 4 aliphatic carbocycles. The summed E-state index contributed by atoms with van der Waals surface area (Å²) in [5.74, 6) is 0.137. The molecule has 4 saturated heterocycles. The van der Waals surface area contributed by atoms with Crippen molar-refractivity contribution in [3.63, 3.8) is 0 Å². The van der Waals surface area contributed by atoms with Crippen molar-refractivity contribution >= 4 is 5.78 Å². The molecular weight excluding hydrogens is 414 g/mol. The summed E-state index contributed by atoms with van der Waals surface area (Å²) in [7, 11) is 0. The Bertz CT molecular complexity index is 826. The highest BCUT2D eigenvalue weighted by atomic mass is 16.9. The molecule has 10 unspecified atom stereocenters. The van der Waals surface area contributed by atoms with Gasteiger partial charge < -0.3 is 28.8 Å². The number of Topliss-reactive ketones (excluding diaryl/α,β-unsaturated/α-hetero) is 1. The van der Waals surface area contributed by atoms with Gasteiger partial charge in [-0.15, -0.1) is 0 Å². The van der Waals surface area contributed by atoms with Gasteiger partial charge in [-0.2, -0.15) is 0 Å². The lowest BCUT2D eigenvalue weighted by Gasteiger charge is -2.72. The molecule has 10 atom stereocenters. The van der Waals surface area contributed by atoms with Gasteiger partial charge in [-0.05, 0) is 31.1 Å². The number of aliphatic hydroxyl groups is 1. The van der Waals surface area contributed by atoms with Gasteiger partial charge in [-0.3, -0.25) is 4.79 Å². The van der Waals surface area contributed by atoms with E-state index in [4.69, 9.17) is 28.9 Å². The standard InChI is InChI=1S/C22H30O7.CHN.CH4/c1-19-9-13(23)15-11(12(19)4-6-22(19)25-7-8-26-22)3-5-21-10-14-16(24)17(20(15,21)2)28-18(27-14)29-21;1-2;/h11-12,14-18,24H,3-10H2,1-2H3;1H;1H4. The first-order chi connectivity index (χ1) is 14.8. The maximum Gasteiger partial charge on any atom is 0.272 e. The van der Waals surface area contributed by atoms with E-state index in [-0.39, 0.29) is 36.6 Å². The smallest absolute Gasteiger partial charge is 0.272 e. The van der Waals surface area contributed by atoms with Crippen molar-refractivity contribution in [2.24, 2.45) is 28.6 Å². The molecule has 32 heavy (non-hydrogen) atoms. The molecule has 0 amide bonds.